The van der Waals surface area contributed by atoms with Crippen molar-refractivity contribution in [2.24, 2.45) is 0 Å². The number of nitrogens with zero attached hydrogens (tertiary/aromatic N) is 3. The molecule has 1 atom stereocenters. The molecule has 22 heavy (non-hydrogen) atoms. The molecule has 0 aliphatic carbocycles. The number of hydrogen-bond acceptors (Lipinski definition) is 3. The lowest BCUT2D eigenvalue weighted by atomic mass is 10.0. The van der Waals surface area contributed by atoms with Gasteiger partial charge in [-0.3, -0.25) is 9.48 Å². The van der Waals surface area contributed by atoms with Crippen LogP contribution in [0.2, 0.25) is 0 Å². The first-order valence-electron chi connectivity index (χ1n) is 7.55. The van der Waals surface area contributed by atoms with Gasteiger partial charge in [-0.15, -0.1) is 0 Å². The van der Waals surface area contributed by atoms with Crippen molar-refractivity contribution in [2.45, 2.75) is 32.9 Å². The highest BCUT2D eigenvalue weighted by Gasteiger charge is 2.24. The third-order valence-corrected chi connectivity index (χ3v) is 3.80. The summed E-state index contributed by atoms with van der Waals surface area (Å²) in [6, 6.07) is 11.4. The number of rotatable bonds is 6. The molecule has 0 aliphatic rings. The lowest BCUT2D eigenvalue weighted by Crippen LogP contribution is -2.33. The van der Waals surface area contributed by atoms with Crippen molar-refractivity contribution in [3.05, 3.63) is 53.3 Å². The van der Waals surface area contributed by atoms with E-state index >= 15 is 0 Å². The van der Waals surface area contributed by atoms with Gasteiger partial charge in [0.2, 0.25) is 0 Å². The van der Waals surface area contributed by atoms with Crippen LogP contribution in [-0.4, -0.2) is 39.3 Å². The van der Waals surface area contributed by atoms with E-state index in [4.69, 9.17) is 0 Å². The van der Waals surface area contributed by atoms with E-state index < -0.39 is 0 Å². The lowest BCUT2D eigenvalue weighted by molar-refractivity contribution is 0.0692. The Morgan fingerprint density at radius 1 is 1.36 bits per heavy atom. The van der Waals surface area contributed by atoms with Gasteiger partial charge in [-0.25, -0.2) is 0 Å². The monoisotopic (exact) mass is 301 g/mol. The topological polar surface area (TPSA) is 58.4 Å². The summed E-state index contributed by atoms with van der Waals surface area (Å²) in [6.45, 7) is 4.53. The van der Waals surface area contributed by atoms with Gasteiger partial charge in [-0.05, 0) is 31.9 Å². The minimum Gasteiger partial charge on any atom is -0.396 e. The summed E-state index contributed by atoms with van der Waals surface area (Å²) in [4.78, 5) is 14.5. The molecule has 5 heteroatoms. The molecule has 2 rings (SSSR count). The molecule has 1 amide bonds. The van der Waals surface area contributed by atoms with Gasteiger partial charge in [0.1, 0.15) is 5.69 Å². The van der Waals surface area contributed by atoms with Crippen molar-refractivity contribution in [1.82, 2.24) is 14.7 Å². The second kappa shape index (κ2) is 7.22. The van der Waals surface area contributed by atoms with Crippen molar-refractivity contribution >= 4 is 5.91 Å². The van der Waals surface area contributed by atoms with E-state index in [0.717, 1.165) is 11.3 Å². The zero-order chi connectivity index (χ0) is 16.1. The average molecular weight is 301 g/mol. The van der Waals surface area contributed by atoms with E-state index in [1.807, 2.05) is 50.2 Å². The first kappa shape index (κ1) is 16.2. The molecule has 5 nitrogen and oxygen atoms in total. The Morgan fingerprint density at radius 2 is 2.05 bits per heavy atom. The average Bonchev–Trinajstić information content (AvgIpc) is 2.93. The summed E-state index contributed by atoms with van der Waals surface area (Å²) in [6.07, 6.45) is 0.505. The maximum atomic E-state index is 12.8. The molecule has 0 aliphatic heterocycles. The van der Waals surface area contributed by atoms with Gasteiger partial charge < -0.3 is 10.0 Å². The Balaban J connectivity index is 2.30. The Kier molecular flexibility index (Phi) is 5.33. The van der Waals surface area contributed by atoms with Crippen LogP contribution in [0, 0.1) is 6.92 Å². The summed E-state index contributed by atoms with van der Waals surface area (Å²) < 4.78 is 1.72. The van der Waals surface area contributed by atoms with E-state index in [9.17, 15) is 9.90 Å². The van der Waals surface area contributed by atoms with Crippen LogP contribution >= 0.6 is 0 Å². The number of carbonyl (C=O) groups is 1. The van der Waals surface area contributed by atoms with Crippen molar-refractivity contribution in [3.8, 4) is 0 Å². The molecule has 1 unspecified atom stereocenters. The van der Waals surface area contributed by atoms with Gasteiger partial charge in [0.25, 0.3) is 5.91 Å². The van der Waals surface area contributed by atoms with Crippen LogP contribution in [0.25, 0.3) is 0 Å². The van der Waals surface area contributed by atoms with Crippen LogP contribution in [0.5, 0.6) is 0 Å². The second-order valence-corrected chi connectivity index (χ2v) is 5.34. The molecule has 2 aromatic rings. The smallest absolute Gasteiger partial charge is 0.272 e. The molecule has 0 radical (unpaired) electrons. The first-order chi connectivity index (χ1) is 10.6. The predicted octanol–water partition coefficient (Wildman–Crippen LogP) is 2.41. The fourth-order valence-corrected chi connectivity index (χ4v) is 2.66. The third-order valence-electron chi connectivity index (χ3n) is 3.80. The molecular weight excluding hydrogens is 278 g/mol. The molecule has 1 N–H and O–H groups in total. The number of aliphatic hydroxyl groups excluding tert-OH is 1. The Hall–Kier alpha value is -2.14. The summed E-state index contributed by atoms with van der Waals surface area (Å²) in [7, 11) is 1.78. The van der Waals surface area contributed by atoms with Crippen LogP contribution < -0.4 is 0 Å². The van der Waals surface area contributed by atoms with Gasteiger partial charge in [0, 0.05) is 20.2 Å². The summed E-state index contributed by atoms with van der Waals surface area (Å²) in [5.74, 6) is -0.0789. The highest BCUT2D eigenvalue weighted by Crippen LogP contribution is 2.24. The number of amides is 1. The Bertz CT molecular complexity index is 622. The normalized spacial score (nSPS) is 12.2. The van der Waals surface area contributed by atoms with Crippen LogP contribution in [0.4, 0.5) is 0 Å². The molecule has 1 heterocycles. The third kappa shape index (κ3) is 3.36. The lowest BCUT2D eigenvalue weighted by Gasteiger charge is -2.28. The number of aryl methyl sites for hydroxylation is 2. The van der Waals surface area contributed by atoms with Gasteiger partial charge >= 0.3 is 0 Å². The van der Waals surface area contributed by atoms with E-state index in [-0.39, 0.29) is 18.6 Å². The van der Waals surface area contributed by atoms with E-state index in [1.165, 1.54) is 0 Å². The molecule has 0 fully saturated rings. The van der Waals surface area contributed by atoms with Gasteiger partial charge in [-0.1, -0.05) is 30.3 Å². The standard InChI is InChI=1S/C17H23N3O2/c1-4-20-16(12-13(2)18-20)17(22)19(3)15(10-11-21)14-8-6-5-7-9-14/h5-9,12,15,21H,4,10-11H2,1-3H3. The van der Waals surface area contributed by atoms with Gasteiger partial charge in [0.05, 0.1) is 11.7 Å². The summed E-state index contributed by atoms with van der Waals surface area (Å²) in [5.41, 5.74) is 2.44. The number of aliphatic hydroxyl groups is 1. The number of hydrogen-bond donors (Lipinski definition) is 1. The zero-order valence-corrected chi connectivity index (χ0v) is 13.4. The van der Waals surface area contributed by atoms with Crippen molar-refractivity contribution in [2.75, 3.05) is 13.7 Å². The molecule has 0 saturated carbocycles. The number of aromatic nitrogens is 2. The maximum absolute atomic E-state index is 12.8. The van der Waals surface area contributed by atoms with E-state index in [2.05, 4.69) is 5.10 Å². The van der Waals surface area contributed by atoms with Crippen LogP contribution in [0.1, 0.15) is 41.1 Å². The minimum absolute atomic E-state index is 0.0310. The molecular formula is C17H23N3O2. The number of carbonyl (C=O) groups excluding carboxylic acids is 1. The Labute approximate surface area is 131 Å². The van der Waals surface area contributed by atoms with Crippen molar-refractivity contribution < 1.29 is 9.90 Å². The maximum Gasteiger partial charge on any atom is 0.272 e. The van der Waals surface area contributed by atoms with Gasteiger partial charge in [0.15, 0.2) is 0 Å². The second-order valence-electron chi connectivity index (χ2n) is 5.34. The van der Waals surface area contributed by atoms with Crippen LogP contribution in [0.3, 0.4) is 0 Å². The first-order valence-corrected chi connectivity index (χ1v) is 7.55. The molecule has 0 saturated heterocycles. The fraction of sp³-hybridized carbons (Fsp3) is 0.412. The van der Waals surface area contributed by atoms with Crippen molar-refractivity contribution in [3.63, 3.8) is 0 Å². The van der Waals surface area contributed by atoms with E-state index in [1.54, 1.807) is 16.6 Å². The minimum atomic E-state index is -0.154. The zero-order valence-electron chi connectivity index (χ0n) is 13.4. The number of benzene rings is 1. The van der Waals surface area contributed by atoms with Crippen molar-refractivity contribution in [1.29, 1.82) is 0 Å². The molecule has 118 valence electrons. The largest absolute Gasteiger partial charge is 0.396 e. The molecule has 1 aromatic heterocycles. The molecule has 0 spiro atoms. The highest BCUT2D eigenvalue weighted by molar-refractivity contribution is 5.92. The quantitative estimate of drug-likeness (QED) is 0.891. The molecule has 0 bridgehead atoms. The van der Waals surface area contributed by atoms with Crippen LogP contribution in [-0.2, 0) is 6.54 Å². The Morgan fingerprint density at radius 3 is 2.64 bits per heavy atom. The summed E-state index contributed by atoms with van der Waals surface area (Å²) in [5, 5.41) is 13.7. The van der Waals surface area contributed by atoms with Gasteiger partial charge in [-0.2, -0.15) is 5.10 Å². The predicted molar refractivity (Wildman–Crippen MR) is 85.6 cm³/mol. The fourth-order valence-electron chi connectivity index (χ4n) is 2.66. The SMILES string of the molecule is CCn1nc(C)cc1C(=O)N(C)C(CCO)c1ccccc1. The van der Waals surface area contributed by atoms with Crippen LogP contribution in [0.15, 0.2) is 36.4 Å². The summed E-state index contributed by atoms with van der Waals surface area (Å²) >= 11 is 0. The molecule has 1 aromatic carbocycles. The van der Waals surface area contributed by atoms with E-state index in [0.29, 0.717) is 18.7 Å². The highest BCUT2D eigenvalue weighted by atomic mass is 16.3.